The van der Waals surface area contributed by atoms with E-state index in [4.69, 9.17) is 0 Å². The van der Waals surface area contributed by atoms with Gasteiger partial charge in [0.2, 0.25) is 0 Å². The van der Waals surface area contributed by atoms with Gasteiger partial charge >= 0.3 is 0 Å². The number of nitrogens with zero attached hydrogens (tertiary/aromatic N) is 2. The molecule has 2 rings (SSSR count). The number of Topliss-reactive ketones (excluding diaryl/α,β-unsaturated/α-hetero) is 1. The standard InChI is InChI=1S/C13H16N2O/c1-9-14-11(12(16)13(2,3)4)10-7-5-6-8-15(9)10/h5-8H,1-4H3. The van der Waals surface area contributed by atoms with E-state index in [2.05, 4.69) is 4.98 Å². The number of aryl methyl sites for hydroxylation is 1. The number of imidazole rings is 1. The van der Waals surface area contributed by atoms with Crippen molar-refractivity contribution in [3.05, 3.63) is 35.9 Å². The van der Waals surface area contributed by atoms with E-state index >= 15 is 0 Å². The Morgan fingerprint density at radius 1 is 1.31 bits per heavy atom. The van der Waals surface area contributed by atoms with Crippen molar-refractivity contribution in [3.63, 3.8) is 0 Å². The van der Waals surface area contributed by atoms with Gasteiger partial charge in [-0.1, -0.05) is 26.8 Å². The first-order valence-corrected chi connectivity index (χ1v) is 5.40. The number of aromatic nitrogens is 2. The molecule has 3 nitrogen and oxygen atoms in total. The van der Waals surface area contributed by atoms with Gasteiger partial charge < -0.3 is 4.40 Å². The van der Waals surface area contributed by atoms with Gasteiger partial charge in [-0.3, -0.25) is 4.79 Å². The van der Waals surface area contributed by atoms with E-state index in [-0.39, 0.29) is 5.78 Å². The Labute approximate surface area is 95.1 Å². The quantitative estimate of drug-likeness (QED) is 0.687. The maximum Gasteiger partial charge on any atom is 0.188 e. The van der Waals surface area contributed by atoms with E-state index in [1.807, 2.05) is 56.5 Å². The van der Waals surface area contributed by atoms with Crippen molar-refractivity contribution < 1.29 is 4.79 Å². The molecule has 0 aliphatic heterocycles. The summed E-state index contributed by atoms with van der Waals surface area (Å²) in [7, 11) is 0. The van der Waals surface area contributed by atoms with Crippen LogP contribution in [0.25, 0.3) is 5.52 Å². The molecular weight excluding hydrogens is 200 g/mol. The number of pyridine rings is 1. The molecule has 0 aliphatic carbocycles. The molecule has 0 unspecified atom stereocenters. The minimum absolute atomic E-state index is 0.0873. The molecule has 0 N–H and O–H groups in total. The maximum absolute atomic E-state index is 12.2. The summed E-state index contributed by atoms with van der Waals surface area (Å²) < 4.78 is 1.94. The van der Waals surface area contributed by atoms with Crippen LogP contribution in [0.1, 0.15) is 37.1 Å². The number of carbonyl (C=O) groups excluding carboxylic acids is 1. The number of hydrogen-bond acceptors (Lipinski definition) is 2. The van der Waals surface area contributed by atoms with Gasteiger partial charge in [0.05, 0.1) is 5.52 Å². The second-order valence-electron chi connectivity index (χ2n) is 5.04. The first-order chi connectivity index (χ1) is 7.41. The van der Waals surface area contributed by atoms with E-state index in [0.717, 1.165) is 11.3 Å². The van der Waals surface area contributed by atoms with E-state index in [9.17, 15) is 4.79 Å². The minimum atomic E-state index is -0.392. The first-order valence-electron chi connectivity index (χ1n) is 5.40. The Kier molecular flexibility index (Phi) is 2.34. The molecule has 84 valence electrons. The van der Waals surface area contributed by atoms with Crippen molar-refractivity contribution in [2.75, 3.05) is 0 Å². The largest absolute Gasteiger partial charge is 0.303 e. The molecule has 0 fully saturated rings. The van der Waals surface area contributed by atoms with Gasteiger partial charge in [-0.2, -0.15) is 0 Å². The van der Waals surface area contributed by atoms with Crippen LogP contribution in [0.15, 0.2) is 24.4 Å². The topological polar surface area (TPSA) is 34.4 Å². The smallest absolute Gasteiger partial charge is 0.188 e. The van der Waals surface area contributed by atoms with Crippen LogP contribution in [-0.4, -0.2) is 15.2 Å². The Morgan fingerprint density at radius 3 is 2.62 bits per heavy atom. The second-order valence-corrected chi connectivity index (χ2v) is 5.04. The third-order valence-corrected chi connectivity index (χ3v) is 2.62. The fourth-order valence-electron chi connectivity index (χ4n) is 1.71. The third kappa shape index (κ3) is 1.62. The Morgan fingerprint density at radius 2 is 2.00 bits per heavy atom. The van der Waals surface area contributed by atoms with Crippen LogP contribution in [-0.2, 0) is 0 Å². The molecule has 0 spiro atoms. The van der Waals surface area contributed by atoms with Gasteiger partial charge in [0.1, 0.15) is 11.5 Å². The number of ketones is 1. The third-order valence-electron chi connectivity index (χ3n) is 2.62. The first kappa shape index (κ1) is 10.9. The van der Waals surface area contributed by atoms with Crippen LogP contribution in [0, 0.1) is 12.3 Å². The number of fused-ring (bicyclic) bond motifs is 1. The zero-order chi connectivity index (χ0) is 11.9. The van der Waals surface area contributed by atoms with Crippen LogP contribution in [0.2, 0.25) is 0 Å². The van der Waals surface area contributed by atoms with Crippen molar-refractivity contribution in [1.29, 1.82) is 0 Å². The van der Waals surface area contributed by atoms with E-state index in [0.29, 0.717) is 5.69 Å². The van der Waals surface area contributed by atoms with Crippen molar-refractivity contribution in [1.82, 2.24) is 9.38 Å². The van der Waals surface area contributed by atoms with Gasteiger partial charge in [-0.15, -0.1) is 0 Å². The molecule has 2 aromatic rings. The summed E-state index contributed by atoms with van der Waals surface area (Å²) in [5.41, 5.74) is 1.07. The molecule has 0 saturated heterocycles. The predicted molar refractivity (Wildman–Crippen MR) is 63.7 cm³/mol. The van der Waals surface area contributed by atoms with E-state index in [1.54, 1.807) is 0 Å². The molecule has 2 heterocycles. The lowest BCUT2D eigenvalue weighted by atomic mass is 9.88. The number of hydrogen-bond donors (Lipinski definition) is 0. The molecule has 0 amide bonds. The van der Waals surface area contributed by atoms with Gasteiger partial charge in [0.25, 0.3) is 0 Å². The van der Waals surface area contributed by atoms with E-state index < -0.39 is 5.41 Å². The SMILES string of the molecule is Cc1nc(C(=O)C(C)(C)C)c2ccccn12. The molecule has 16 heavy (non-hydrogen) atoms. The van der Waals surface area contributed by atoms with Crippen molar-refractivity contribution in [2.24, 2.45) is 5.41 Å². The summed E-state index contributed by atoms with van der Waals surface area (Å²) >= 11 is 0. The molecule has 0 saturated carbocycles. The average Bonchev–Trinajstić information content (AvgIpc) is 2.55. The zero-order valence-corrected chi connectivity index (χ0v) is 10.1. The highest BCUT2D eigenvalue weighted by Crippen LogP contribution is 2.23. The molecular formula is C13H16N2O. The monoisotopic (exact) mass is 216 g/mol. The van der Waals surface area contributed by atoms with Gasteiger partial charge in [0.15, 0.2) is 5.78 Å². The summed E-state index contributed by atoms with van der Waals surface area (Å²) in [6.45, 7) is 7.66. The Balaban J connectivity index is 2.67. The lowest BCUT2D eigenvalue weighted by molar-refractivity contribution is 0.0855. The van der Waals surface area contributed by atoms with Crippen molar-refractivity contribution >= 4 is 11.3 Å². The summed E-state index contributed by atoms with van der Waals surface area (Å²) in [6, 6.07) is 5.79. The molecule has 0 bridgehead atoms. The van der Waals surface area contributed by atoms with Crippen LogP contribution in [0.4, 0.5) is 0 Å². The highest BCUT2D eigenvalue weighted by Gasteiger charge is 2.27. The molecule has 0 aromatic carbocycles. The van der Waals surface area contributed by atoms with Gasteiger partial charge in [0, 0.05) is 11.6 Å². The minimum Gasteiger partial charge on any atom is -0.303 e. The average molecular weight is 216 g/mol. The summed E-state index contributed by atoms with van der Waals surface area (Å²) in [5, 5.41) is 0. The van der Waals surface area contributed by atoms with Gasteiger partial charge in [-0.25, -0.2) is 4.98 Å². The van der Waals surface area contributed by atoms with Crippen LogP contribution >= 0.6 is 0 Å². The highest BCUT2D eigenvalue weighted by molar-refractivity contribution is 6.03. The molecule has 0 radical (unpaired) electrons. The van der Waals surface area contributed by atoms with Crippen molar-refractivity contribution in [2.45, 2.75) is 27.7 Å². The van der Waals surface area contributed by atoms with Crippen LogP contribution < -0.4 is 0 Å². The molecule has 2 aromatic heterocycles. The Hall–Kier alpha value is -1.64. The molecule has 0 atom stereocenters. The summed E-state index contributed by atoms with van der Waals surface area (Å²) in [5.74, 6) is 0.938. The normalized spacial score (nSPS) is 12.0. The lowest BCUT2D eigenvalue weighted by Gasteiger charge is -2.14. The zero-order valence-electron chi connectivity index (χ0n) is 10.1. The molecule has 3 heteroatoms. The maximum atomic E-state index is 12.2. The van der Waals surface area contributed by atoms with Crippen LogP contribution in [0.5, 0.6) is 0 Å². The fourth-order valence-corrected chi connectivity index (χ4v) is 1.71. The Bertz CT molecular complexity index is 547. The van der Waals surface area contributed by atoms with Crippen LogP contribution in [0.3, 0.4) is 0 Å². The summed E-state index contributed by atoms with van der Waals surface area (Å²) in [4.78, 5) is 16.6. The summed E-state index contributed by atoms with van der Waals surface area (Å²) in [6.07, 6.45) is 1.93. The predicted octanol–water partition coefficient (Wildman–Crippen LogP) is 2.87. The lowest BCUT2D eigenvalue weighted by Crippen LogP contribution is -2.20. The fraction of sp³-hybridized carbons (Fsp3) is 0.385. The van der Waals surface area contributed by atoms with Gasteiger partial charge in [-0.05, 0) is 19.1 Å². The number of carbonyl (C=O) groups is 1. The number of rotatable bonds is 1. The highest BCUT2D eigenvalue weighted by atomic mass is 16.1. The van der Waals surface area contributed by atoms with Crippen molar-refractivity contribution in [3.8, 4) is 0 Å². The molecule has 0 aliphatic rings. The second kappa shape index (κ2) is 3.44. The van der Waals surface area contributed by atoms with E-state index in [1.165, 1.54) is 0 Å².